The minimum Gasteiger partial charge on any atom is -0.486 e. The van der Waals surface area contributed by atoms with Crippen LogP contribution in [0.3, 0.4) is 0 Å². The molecule has 1 aliphatic rings. The second kappa shape index (κ2) is 8.56. The van der Waals surface area contributed by atoms with Crippen LogP contribution < -0.4 is 14.8 Å². The fraction of sp³-hybridized carbons (Fsp3) is 0.263. The van der Waals surface area contributed by atoms with Crippen molar-refractivity contribution in [3.05, 3.63) is 57.0 Å². The highest BCUT2D eigenvalue weighted by Gasteiger charge is 2.17. The minimum atomic E-state index is -0.193. The topological polar surface area (TPSA) is 64.6 Å². The second-order valence-electron chi connectivity index (χ2n) is 5.81. The summed E-state index contributed by atoms with van der Waals surface area (Å²) >= 11 is 9.50. The average Bonchev–Trinajstić information content (AvgIpc) is 2.65. The molecule has 3 rings (SSSR count). The van der Waals surface area contributed by atoms with Gasteiger partial charge in [-0.05, 0) is 29.8 Å². The first-order valence-electron chi connectivity index (χ1n) is 8.16. The van der Waals surface area contributed by atoms with Gasteiger partial charge >= 0.3 is 0 Å². The molecule has 0 fully saturated rings. The Kier molecular flexibility index (Phi) is 6.16. The molecule has 7 heteroatoms. The molecule has 0 atom stereocenters. The van der Waals surface area contributed by atoms with Gasteiger partial charge in [0, 0.05) is 29.4 Å². The van der Waals surface area contributed by atoms with E-state index >= 15 is 0 Å². The van der Waals surface area contributed by atoms with E-state index in [1.54, 1.807) is 36.4 Å². The van der Waals surface area contributed by atoms with Gasteiger partial charge < -0.3 is 14.8 Å². The lowest BCUT2D eigenvalue weighted by molar-refractivity contribution is -0.121. The Hall–Kier alpha value is -2.05. The van der Waals surface area contributed by atoms with Crippen LogP contribution in [0.2, 0.25) is 5.02 Å². The first-order chi connectivity index (χ1) is 12.5. The van der Waals surface area contributed by atoms with E-state index in [-0.39, 0.29) is 24.5 Å². The van der Waals surface area contributed by atoms with Gasteiger partial charge in [0.2, 0.25) is 5.91 Å². The highest BCUT2D eigenvalue weighted by Crippen LogP contribution is 2.38. The molecule has 1 aliphatic heterocycles. The normalized spacial score (nSPS) is 12.5. The molecular weight excluding hydrogens is 422 g/mol. The molecule has 0 spiro atoms. The molecular formula is C19H17BrClNO4. The number of hydrogen-bond acceptors (Lipinski definition) is 4. The summed E-state index contributed by atoms with van der Waals surface area (Å²) in [5, 5.41) is 3.25. The first-order valence-corrected chi connectivity index (χ1v) is 9.33. The molecule has 136 valence electrons. The van der Waals surface area contributed by atoms with Crippen molar-refractivity contribution in [1.82, 2.24) is 5.32 Å². The number of ether oxygens (including phenoxy) is 2. The Bertz CT molecular complexity index is 823. The zero-order valence-electron chi connectivity index (χ0n) is 13.9. The Balaban J connectivity index is 1.50. The molecule has 0 bridgehead atoms. The number of halogens is 2. The summed E-state index contributed by atoms with van der Waals surface area (Å²) in [4.78, 5) is 24.1. The van der Waals surface area contributed by atoms with Crippen LogP contribution in [0.4, 0.5) is 0 Å². The zero-order valence-corrected chi connectivity index (χ0v) is 16.2. The van der Waals surface area contributed by atoms with Gasteiger partial charge in [-0.2, -0.15) is 0 Å². The van der Waals surface area contributed by atoms with Crippen LogP contribution in [0.25, 0.3) is 0 Å². The fourth-order valence-corrected chi connectivity index (χ4v) is 3.11. The lowest BCUT2D eigenvalue weighted by Crippen LogP contribution is -2.23. The molecule has 0 saturated carbocycles. The maximum atomic E-state index is 12.1. The Morgan fingerprint density at radius 1 is 1.08 bits per heavy atom. The number of Topliss-reactive ketones (excluding diaryl/α,β-unsaturated/α-hetero) is 1. The van der Waals surface area contributed by atoms with Gasteiger partial charge in [-0.15, -0.1) is 0 Å². The summed E-state index contributed by atoms with van der Waals surface area (Å²) in [5.74, 6) is 0.864. The lowest BCUT2D eigenvalue weighted by Gasteiger charge is -2.20. The van der Waals surface area contributed by atoms with Crippen LogP contribution in [0.15, 0.2) is 40.9 Å². The summed E-state index contributed by atoms with van der Waals surface area (Å²) in [6, 6.07) is 10.6. The molecule has 1 N–H and O–H groups in total. The molecule has 0 saturated heterocycles. The maximum absolute atomic E-state index is 12.1. The molecule has 0 radical (unpaired) electrons. The number of rotatable bonds is 6. The number of hydrogen-bond donors (Lipinski definition) is 1. The average molecular weight is 439 g/mol. The molecule has 2 aromatic rings. The van der Waals surface area contributed by atoms with Crippen molar-refractivity contribution in [2.75, 3.05) is 13.2 Å². The van der Waals surface area contributed by atoms with Gasteiger partial charge in [-0.1, -0.05) is 39.7 Å². The number of benzene rings is 2. The monoisotopic (exact) mass is 437 g/mol. The van der Waals surface area contributed by atoms with Gasteiger partial charge in [0.05, 0.1) is 5.02 Å². The van der Waals surface area contributed by atoms with E-state index in [2.05, 4.69) is 21.2 Å². The summed E-state index contributed by atoms with van der Waals surface area (Å²) in [7, 11) is 0. The maximum Gasteiger partial charge on any atom is 0.220 e. The van der Waals surface area contributed by atoms with Gasteiger partial charge in [0.1, 0.15) is 13.2 Å². The third-order valence-electron chi connectivity index (χ3n) is 3.89. The van der Waals surface area contributed by atoms with Gasteiger partial charge in [-0.3, -0.25) is 9.59 Å². The number of ketones is 1. The smallest absolute Gasteiger partial charge is 0.220 e. The molecule has 26 heavy (non-hydrogen) atoms. The predicted molar refractivity (Wildman–Crippen MR) is 102 cm³/mol. The molecule has 2 aromatic carbocycles. The number of carbonyl (C=O) groups excluding carboxylic acids is 2. The third-order valence-corrected chi connectivity index (χ3v) is 4.70. The van der Waals surface area contributed by atoms with E-state index in [9.17, 15) is 9.59 Å². The van der Waals surface area contributed by atoms with Crippen LogP contribution in [0.5, 0.6) is 11.5 Å². The largest absolute Gasteiger partial charge is 0.486 e. The van der Waals surface area contributed by atoms with Crippen LogP contribution in [0.1, 0.15) is 28.8 Å². The highest BCUT2D eigenvalue weighted by molar-refractivity contribution is 9.10. The van der Waals surface area contributed by atoms with Crippen molar-refractivity contribution in [3.8, 4) is 11.5 Å². The van der Waals surface area contributed by atoms with Crippen LogP contribution in [-0.2, 0) is 11.3 Å². The van der Waals surface area contributed by atoms with E-state index in [4.69, 9.17) is 21.1 Å². The number of fused-ring (bicyclic) bond motifs is 1. The standard InChI is InChI=1S/C19H17BrClNO4/c20-14-3-1-13(2-4-14)16(23)5-6-18(24)22-11-12-9-15(21)19-17(10-12)25-7-8-26-19/h1-4,9-10H,5-8,11H2,(H,22,24). The minimum absolute atomic E-state index is 0.0602. The second-order valence-corrected chi connectivity index (χ2v) is 7.13. The summed E-state index contributed by atoms with van der Waals surface area (Å²) in [5.41, 5.74) is 1.41. The van der Waals surface area contributed by atoms with E-state index in [1.807, 2.05) is 0 Å². The summed E-state index contributed by atoms with van der Waals surface area (Å²) in [6.45, 7) is 1.24. The van der Waals surface area contributed by atoms with Crippen LogP contribution >= 0.6 is 27.5 Å². The highest BCUT2D eigenvalue weighted by atomic mass is 79.9. The Labute approximate surface area is 164 Å². The van der Waals surface area contributed by atoms with Gasteiger partial charge in [0.15, 0.2) is 17.3 Å². The molecule has 1 amide bonds. The first kappa shape index (κ1) is 18.7. The van der Waals surface area contributed by atoms with Crippen molar-refractivity contribution >= 4 is 39.2 Å². The Morgan fingerprint density at radius 2 is 1.81 bits per heavy atom. The number of amides is 1. The Morgan fingerprint density at radius 3 is 2.58 bits per heavy atom. The van der Waals surface area contributed by atoms with Crippen LogP contribution in [-0.4, -0.2) is 24.9 Å². The molecule has 0 aromatic heterocycles. The predicted octanol–water partition coefficient (Wildman–Crippen LogP) is 4.15. The quantitative estimate of drug-likeness (QED) is 0.688. The molecule has 1 heterocycles. The fourth-order valence-electron chi connectivity index (χ4n) is 2.56. The molecule has 0 aliphatic carbocycles. The van der Waals surface area contributed by atoms with E-state index in [0.29, 0.717) is 41.8 Å². The van der Waals surface area contributed by atoms with Crippen molar-refractivity contribution in [1.29, 1.82) is 0 Å². The third kappa shape index (κ3) is 4.77. The van der Waals surface area contributed by atoms with E-state index in [0.717, 1.165) is 10.0 Å². The van der Waals surface area contributed by atoms with Crippen molar-refractivity contribution in [2.24, 2.45) is 0 Å². The summed E-state index contributed by atoms with van der Waals surface area (Å²) in [6.07, 6.45) is 0.294. The van der Waals surface area contributed by atoms with E-state index < -0.39 is 0 Å². The number of carbonyl (C=O) groups is 2. The summed E-state index contributed by atoms with van der Waals surface area (Å²) < 4.78 is 11.9. The van der Waals surface area contributed by atoms with Crippen molar-refractivity contribution in [2.45, 2.75) is 19.4 Å². The SMILES string of the molecule is O=C(CCC(=O)c1ccc(Br)cc1)NCc1cc(Cl)c2c(c1)OCCO2. The van der Waals surface area contributed by atoms with E-state index in [1.165, 1.54) is 0 Å². The lowest BCUT2D eigenvalue weighted by atomic mass is 10.1. The van der Waals surface area contributed by atoms with Crippen molar-refractivity contribution in [3.63, 3.8) is 0 Å². The molecule has 0 unspecified atom stereocenters. The van der Waals surface area contributed by atoms with Gasteiger partial charge in [0.25, 0.3) is 0 Å². The zero-order chi connectivity index (χ0) is 18.5. The van der Waals surface area contributed by atoms with Crippen molar-refractivity contribution < 1.29 is 19.1 Å². The number of nitrogens with one attached hydrogen (secondary N) is 1. The molecule has 5 nitrogen and oxygen atoms in total. The van der Waals surface area contributed by atoms with Crippen LogP contribution in [0, 0.1) is 0 Å². The van der Waals surface area contributed by atoms with Gasteiger partial charge in [-0.25, -0.2) is 0 Å².